The molecule has 0 bridgehead atoms. The van der Waals surface area contributed by atoms with Crippen LogP contribution < -0.4 is 10.6 Å². The van der Waals surface area contributed by atoms with Gasteiger partial charge in [0.1, 0.15) is 5.82 Å². The van der Waals surface area contributed by atoms with Crippen molar-refractivity contribution >= 4 is 23.5 Å². The maximum Gasteiger partial charge on any atom is 0.222 e. The van der Waals surface area contributed by atoms with Crippen LogP contribution in [0, 0.1) is 0 Å². The van der Waals surface area contributed by atoms with Crippen molar-refractivity contribution in [3.63, 3.8) is 0 Å². The summed E-state index contributed by atoms with van der Waals surface area (Å²) in [6, 6.07) is 2.87. The van der Waals surface area contributed by atoms with E-state index in [1.807, 2.05) is 0 Å². The number of anilines is 2. The minimum absolute atomic E-state index is 0.373. The predicted molar refractivity (Wildman–Crippen MR) is 98.8 cm³/mol. The van der Waals surface area contributed by atoms with Gasteiger partial charge in [0.05, 0.1) is 12.3 Å². The zero-order valence-electron chi connectivity index (χ0n) is 14.2. The van der Waals surface area contributed by atoms with E-state index in [1.165, 1.54) is 37.4 Å². The number of thioether (sulfide) groups is 1. The van der Waals surface area contributed by atoms with Gasteiger partial charge < -0.3 is 15.4 Å². The highest BCUT2D eigenvalue weighted by atomic mass is 32.2. The second-order valence-corrected chi connectivity index (χ2v) is 8.16. The molecule has 7 heteroatoms. The van der Waals surface area contributed by atoms with Crippen LogP contribution >= 0.6 is 11.8 Å². The summed E-state index contributed by atoms with van der Waals surface area (Å²) in [6.07, 6.45) is 3.47. The van der Waals surface area contributed by atoms with Gasteiger partial charge in [-0.25, -0.2) is 4.98 Å². The first-order chi connectivity index (χ1) is 11.8. The van der Waals surface area contributed by atoms with E-state index in [0.717, 1.165) is 50.3 Å². The Morgan fingerprint density at radius 2 is 1.88 bits per heavy atom. The molecule has 24 heavy (non-hydrogen) atoms. The quantitative estimate of drug-likeness (QED) is 0.888. The topological polar surface area (TPSA) is 67.5 Å². The second kappa shape index (κ2) is 7.45. The highest BCUT2D eigenvalue weighted by Gasteiger charge is 2.27. The number of ether oxygens (including phenoxy) is 1. The van der Waals surface area contributed by atoms with Crippen LogP contribution in [0.2, 0.25) is 0 Å². The first-order valence-corrected chi connectivity index (χ1v) is 10.2. The molecule has 3 saturated heterocycles. The van der Waals surface area contributed by atoms with Crippen molar-refractivity contribution in [2.24, 2.45) is 0 Å². The molecule has 0 radical (unpaired) electrons. The molecule has 0 saturated carbocycles. The second-order valence-electron chi connectivity index (χ2n) is 6.94. The molecule has 132 valence electrons. The molecule has 0 amide bonds. The van der Waals surface area contributed by atoms with Gasteiger partial charge in [-0.15, -0.1) is 0 Å². The third-order valence-corrected chi connectivity index (χ3v) is 6.39. The summed E-state index contributed by atoms with van der Waals surface area (Å²) in [6.45, 7) is 6.20. The van der Waals surface area contributed by atoms with Gasteiger partial charge in [0.15, 0.2) is 0 Å². The minimum atomic E-state index is 0.373. The Balaban J connectivity index is 1.41. The molecule has 2 N–H and O–H groups in total. The monoisotopic (exact) mass is 349 g/mol. The van der Waals surface area contributed by atoms with E-state index >= 15 is 0 Å². The van der Waals surface area contributed by atoms with Crippen molar-refractivity contribution in [2.75, 3.05) is 61.5 Å². The Morgan fingerprint density at radius 1 is 1.08 bits per heavy atom. The van der Waals surface area contributed by atoms with Crippen LogP contribution in [0.5, 0.6) is 0 Å². The number of piperidine rings is 1. The van der Waals surface area contributed by atoms with Gasteiger partial charge in [-0.1, -0.05) is 0 Å². The predicted octanol–water partition coefficient (Wildman–Crippen LogP) is 1.58. The van der Waals surface area contributed by atoms with E-state index in [0.29, 0.717) is 11.9 Å². The minimum Gasteiger partial charge on any atom is -0.381 e. The molecule has 0 aromatic carbocycles. The van der Waals surface area contributed by atoms with Crippen LogP contribution in [0.15, 0.2) is 6.07 Å². The number of hydrogen-bond donors (Lipinski definition) is 1. The Hall–Kier alpha value is -1.05. The Morgan fingerprint density at radius 3 is 2.58 bits per heavy atom. The lowest BCUT2D eigenvalue weighted by atomic mass is 10.0. The molecule has 4 rings (SSSR count). The zero-order valence-corrected chi connectivity index (χ0v) is 15.0. The van der Waals surface area contributed by atoms with Gasteiger partial charge in [0, 0.05) is 62.3 Å². The van der Waals surface area contributed by atoms with Crippen LogP contribution in [0.1, 0.15) is 30.9 Å². The molecule has 4 heterocycles. The molecule has 3 aliphatic rings. The molecule has 1 aromatic rings. The molecule has 3 fully saturated rings. The van der Waals surface area contributed by atoms with Gasteiger partial charge in [-0.3, -0.25) is 4.90 Å². The van der Waals surface area contributed by atoms with E-state index in [2.05, 4.69) is 37.6 Å². The first-order valence-electron chi connectivity index (χ1n) is 9.08. The highest BCUT2D eigenvalue weighted by molar-refractivity contribution is 7.99. The van der Waals surface area contributed by atoms with Gasteiger partial charge in [-0.2, -0.15) is 16.7 Å². The van der Waals surface area contributed by atoms with E-state index in [9.17, 15) is 0 Å². The number of hydrogen-bond acceptors (Lipinski definition) is 7. The largest absolute Gasteiger partial charge is 0.381 e. The van der Waals surface area contributed by atoms with Crippen molar-refractivity contribution < 1.29 is 4.74 Å². The number of nitrogens with two attached hydrogens (primary N) is 1. The van der Waals surface area contributed by atoms with Crippen LogP contribution in [0.25, 0.3) is 0 Å². The molecule has 0 spiro atoms. The van der Waals surface area contributed by atoms with Crippen molar-refractivity contribution in [1.29, 1.82) is 0 Å². The van der Waals surface area contributed by atoms with E-state index in [4.69, 9.17) is 10.5 Å². The van der Waals surface area contributed by atoms with Crippen LogP contribution in [-0.4, -0.2) is 71.8 Å². The molecule has 1 atom stereocenters. The lowest BCUT2D eigenvalue weighted by Gasteiger charge is -2.40. The van der Waals surface area contributed by atoms with Crippen molar-refractivity contribution in [1.82, 2.24) is 14.9 Å². The van der Waals surface area contributed by atoms with Gasteiger partial charge >= 0.3 is 0 Å². The standard InChI is InChI=1S/C17H27N5OS/c18-17-19-15(13-3-8-23-12-13)11-16(20-17)22-4-1-14(2-5-22)21-6-9-24-10-7-21/h11,13-14H,1-10,12H2,(H2,18,19,20)/t13-/m1/s1. The van der Waals surface area contributed by atoms with E-state index < -0.39 is 0 Å². The molecule has 6 nitrogen and oxygen atoms in total. The molecular formula is C17H27N5OS. The number of nitrogens with zero attached hydrogens (tertiary/aromatic N) is 4. The summed E-state index contributed by atoms with van der Waals surface area (Å²) in [5, 5.41) is 0. The molecule has 0 aliphatic carbocycles. The molecule has 1 aromatic heterocycles. The summed E-state index contributed by atoms with van der Waals surface area (Å²) < 4.78 is 5.50. The summed E-state index contributed by atoms with van der Waals surface area (Å²) in [4.78, 5) is 14.0. The SMILES string of the molecule is Nc1nc([C@@H]2CCOC2)cc(N2CCC(N3CCSCC3)CC2)n1. The zero-order chi connectivity index (χ0) is 16.4. The Bertz CT molecular complexity index is 552. The summed E-state index contributed by atoms with van der Waals surface area (Å²) in [5.41, 5.74) is 7.02. The van der Waals surface area contributed by atoms with Crippen molar-refractivity contribution in [3.05, 3.63) is 11.8 Å². The van der Waals surface area contributed by atoms with Gasteiger partial charge in [0.25, 0.3) is 0 Å². The fourth-order valence-corrected chi connectivity index (χ4v) is 4.94. The van der Waals surface area contributed by atoms with Crippen molar-refractivity contribution in [2.45, 2.75) is 31.2 Å². The van der Waals surface area contributed by atoms with Crippen LogP contribution in [0.4, 0.5) is 11.8 Å². The average molecular weight is 350 g/mol. The lowest BCUT2D eigenvalue weighted by Crippen LogP contribution is -2.48. The maximum absolute atomic E-state index is 5.98. The van der Waals surface area contributed by atoms with Gasteiger partial charge in [-0.05, 0) is 19.3 Å². The normalized spacial score (nSPS) is 26.8. The molecule has 0 unspecified atom stereocenters. The Kier molecular flexibility index (Phi) is 5.10. The Labute approximate surface area is 148 Å². The number of rotatable bonds is 3. The number of nitrogen functional groups attached to an aromatic ring is 1. The third kappa shape index (κ3) is 3.63. The van der Waals surface area contributed by atoms with Crippen LogP contribution in [0.3, 0.4) is 0 Å². The molecular weight excluding hydrogens is 322 g/mol. The summed E-state index contributed by atoms with van der Waals surface area (Å²) >= 11 is 2.08. The fourth-order valence-electron chi connectivity index (χ4n) is 4.01. The lowest BCUT2D eigenvalue weighted by molar-refractivity contribution is 0.185. The molecule has 3 aliphatic heterocycles. The fraction of sp³-hybridized carbons (Fsp3) is 0.765. The maximum atomic E-state index is 5.98. The smallest absolute Gasteiger partial charge is 0.222 e. The number of aromatic nitrogens is 2. The van der Waals surface area contributed by atoms with Crippen molar-refractivity contribution in [3.8, 4) is 0 Å². The summed E-state index contributed by atoms with van der Waals surface area (Å²) in [5.74, 6) is 4.34. The summed E-state index contributed by atoms with van der Waals surface area (Å²) in [7, 11) is 0. The third-order valence-electron chi connectivity index (χ3n) is 5.45. The van der Waals surface area contributed by atoms with Gasteiger partial charge in [0.2, 0.25) is 5.95 Å². The van der Waals surface area contributed by atoms with Crippen LogP contribution in [-0.2, 0) is 4.74 Å². The van der Waals surface area contributed by atoms with E-state index in [1.54, 1.807) is 0 Å². The average Bonchev–Trinajstić information content (AvgIpc) is 3.17. The first kappa shape index (κ1) is 16.4. The highest BCUT2D eigenvalue weighted by Crippen LogP contribution is 2.28. The van der Waals surface area contributed by atoms with E-state index in [-0.39, 0.29) is 0 Å².